The Balaban J connectivity index is 0.00000245. The highest BCUT2D eigenvalue weighted by Crippen LogP contribution is 2.43. The number of likely N-dealkylation sites (tertiary alicyclic amines) is 1. The molecule has 32 heavy (non-hydrogen) atoms. The third-order valence-corrected chi connectivity index (χ3v) is 7.57. The van der Waals surface area contributed by atoms with Gasteiger partial charge < -0.3 is 15.0 Å². The van der Waals surface area contributed by atoms with Gasteiger partial charge in [-0.1, -0.05) is 36.4 Å². The molecule has 0 radical (unpaired) electrons. The summed E-state index contributed by atoms with van der Waals surface area (Å²) in [6, 6.07) is 17.6. The number of methoxy groups -OCH3 is 1. The molecule has 2 saturated heterocycles. The second kappa shape index (κ2) is 9.72. The topological polar surface area (TPSA) is 44.8 Å². The third-order valence-electron chi connectivity index (χ3n) is 7.57. The van der Waals surface area contributed by atoms with Crippen LogP contribution in [0.25, 0.3) is 0 Å². The van der Waals surface area contributed by atoms with Gasteiger partial charge in [0.15, 0.2) is 0 Å². The molecule has 2 amide bonds. The molecule has 5 rings (SSSR count). The van der Waals surface area contributed by atoms with Crippen molar-refractivity contribution in [1.29, 1.82) is 0 Å². The number of amides is 2. The number of carbonyl (C=O) groups excluding carboxylic acids is 1. The second-order valence-corrected chi connectivity index (χ2v) is 9.31. The number of hydrogen-bond donors (Lipinski definition) is 1. The molecule has 3 aliphatic heterocycles. The first-order valence-corrected chi connectivity index (χ1v) is 11.7. The van der Waals surface area contributed by atoms with Crippen LogP contribution < -0.4 is 10.1 Å². The highest BCUT2D eigenvalue weighted by molar-refractivity contribution is 5.85. The van der Waals surface area contributed by atoms with Gasteiger partial charge in [-0.2, -0.15) is 0 Å². The maximum absolute atomic E-state index is 13.3. The lowest BCUT2D eigenvalue weighted by Gasteiger charge is -2.52. The maximum atomic E-state index is 13.3. The minimum absolute atomic E-state index is 0. The van der Waals surface area contributed by atoms with E-state index >= 15 is 0 Å². The molecule has 3 heterocycles. The largest absolute Gasteiger partial charge is 0.497 e. The zero-order valence-corrected chi connectivity index (χ0v) is 19.8. The summed E-state index contributed by atoms with van der Waals surface area (Å²) >= 11 is 0. The van der Waals surface area contributed by atoms with Gasteiger partial charge in [0.2, 0.25) is 0 Å². The Morgan fingerprint density at radius 1 is 1.16 bits per heavy atom. The van der Waals surface area contributed by atoms with Gasteiger partial charge in [0.05, 0.1) is 13.2 Å². The highest BCUT2D eigenvalue weighted by atomic mass is 35.5. The molecule has 0 aliphatic carbocycles. The van der Waals surface area contributed by atoms with E-state index in [1.165, 1.54) is 17.5 Å². The molecule has 0 aromatic heterocycles. The Morgan fingerprint density at radius 2 is 1.97 bits per heavy atom. The van der Waals surface area contributed by atoms with Crippen molar-refractivity contribution < 1.29 is 9.53 Å². The van der Waals surface area contributed by atoms with E-state index in [0.29, 0.717) is 18.0 Å². The van der Waals surface area contributed by atoms with Gasteiger partial charge in [-0.05, 0) is 67.3 Å². The minimum atomic E-state index is 0. The number of ether oxygens (including phenoxy) is 1. The van der Waals surface area contributed by atoms with E-state index < -0.39 is 0 Å². The summed E-state index contributed by atoms with van der Waals surface area (Å²) in [4.78, 5) is 18.1. The number of fused-ring (bicyclic) bond motifs is 4. The standard InChI is InChI=1S/C26H33N3O2.ClH/c1-18(19-7-4-3-5-8-19)27-26(30)29-13-6-9-21-17-28-14-12-20-15-22(31-2)10-11-23(20)25(28)16-24(21)29;/h3-5,7-8,10-11,15,18,21,24-25H,6,9,12-14,16-17H2,1-2H3,(H,27,30);1H/t18-,21-,24+,25+;/m1./s1. The highest BCUT2D eigenvalue weighted by Gasteiger charge is 2.44. The van der Waals surface area contributed by atoms with Crippen molar-refractivity contribution in [2.45, 2.75) is 50.7 Å². The van der Waals surface area contributed by atoms with E-state index in [0.717, 1.165) is 50.2 Å². The van der Waals surface area contributed by atoms with Gasteiger partial charge in [-0.25, -0.2) is 4.79 Å². The lowest BCUT2D eigenvalue weighted by Crippen LogP contribution is -2.59. The van der Waals surface area contributed by atoms with Crippen molar-refractivity contribution in [3.05, 3.63) is 65.2 Å². The summed E-state index contributed by atoms with van der Waals surface area (Å²) in [5, 5.41) is 3.26. The fourth-order valence-corrected chi connectivity index (χ4v) is 5.91. The Bertz CT molecular complexity index is 938. The van der Waals surface area contributed by atoms with E-state index in [4.69, 9.17) is 4.74 Å². The number of rotatable bonds is 3. The van der Waals surface area contributed by atoms with Gasteiger partial charge >= 0.3 is 6.03 Å². The molecule has 172 valence electrons. The fraction of sp³-hybridized carbons (Fsp3) is 0.500. The van der Waals surface area contributed by atoms with Gasteiger partial charge in [-0.15, -0.1) is 12.4 Å². The SMILES string of the molecule is COc1ccc2c(c1)CCN1C[C@H]3CCCN(C(=O)N[C@H](C)c4ccccc4)[C@H]3C[C@@H]21.Cl. The number of nitrogens with one attached hydrogen (secondary N) is 1. The molecule has 5 nitrogen and oxygen atoms in total. The zero-order valence-electron chi connectivity index (χ0n) is 19.0. The van der Waals surface area contributed by atoms with Crippen molar-refractivity contribution >= 4 is 18.4 Å². The molecule has 0 spiro atoms. The summed E-state index contributed by atoms with van der Waals surface area (Å²) in [6.07, 6.45) is 4.43. The molecule has 3 aliphatic rings. The average molecular weight is 456 g/mol. The van der Waals surface area contributed by atoms with Crippen LogP contribution in [0.2, 0.25) is 0 Å². The van der Waals surface area contributed by atoms with Crippen LogP contribution >= 0.6 is 12.4 Å². The van der Waals surface area contributed by atoms with E-state index in [-0.39, 0.29) is 24.5 Å². The first-order valence-electron chi connectivity index (χ1n) is 11.7. The van der Waals surface area contributed by atoms with E-state index in [1.807, 2.05) is 18.2 Å². The molecule has 2 fully saturated rings. The van der Waals surface area contributed by atoms with Crippen molar-refractivity contribution in [1.82, 2.24) is 15.1 Å². The molecule has 0 bridgehead atoms. The minimum Gasteiger partial charge on any atom is -0.497 e. The van der Waals surface area contributed by atoms with Gasteiger partial charge in [0.25, 0.3) is 0 Å². The number of nitrogens with zero attached hydrogens (tertiary/aromatic N) is 2. The summed E-state index contributed by atoms with van der Waals surface area (Å²) in [5.74, 6) is 1.51. The monoisotopic (exact) mass is 455 g/mol. The maximum Gasteiger partial charge on any atom is 0.318 e. The van der Waals surface area contributed by atoms with Gasteiger partial charge in [0.1, 0.15) is 5.75 Å². The molecule has 0 saturated carbocycles. The van der Waals surface area contributed by atoms with E-state index in [9.17, 15) is 4.79 Å². The van der Waals surface area contributed by atoms with Crippen LogP contribution in [-0.2, 0) is 6.42 Å². The predicted molar refractivity (Wildman–Crippen MR) is 129 cm³/mol. The number of benzene rings is 2. The van der Waals surface area contributed by atoms with Crippen LogP contribution in [0.5, 0.6) is 5.75 Å². The van der Waals surface area contributed by atoms with Crippen LogP contribution in [0.4, 0.5) is 4.79 Å². The fourth-order valence-electron chi connectivity index (χ4n) is 5.91. The Morgan fingerprint density at radius 3 is 2.75 bits per heavy atom. The predicted octanol–water partition coefficient (Wildman–Crippen LogP) is 4.97. The molecule has 2 aromatic carbocycles. The summed E-state index contributed by atoms with van der Waals surface area (Å²) in [5.41, 5.74) is 3.98. The molecular weight excluding hydrogens is 422 g/mol. The number of hydrogen-bond acceptors (Lipinski definition) is 3. The van der Waals surface area contributed by atoms with Crippen LogP contribution in [0.1, 0.15) is 55.0 Å². The lowest BCUT2D eigenvalue weighted by molar-refractivity contribution is 0.00530. The molecular formula is C26H34ClN3O2. The van der Waals surface area contributed by atoms with Crippen molar-refractivity contribution in [3.63, 3.8) is 0 Å². The molecule has 0 unspecified atom stereocenters. The summed E-state index contributed by atoms with van der Waals surface area (Å²) in [7, 11) is 1.73. The van der Waals surface area contributed by atoms with Crippen LogP contribution in [0.3, 0.4) is 0 Å². The Hall–Kier alpha value is -2.24. The molecule has 4 atom stereocenters. The molecule has 2 aromatic rings. The normalized spacial score (nSPS) is 25.4. The Labute approximate surface area is 197 Å². The first kappa shape index (κ1) is 22.9. The Kier molecular flexibility index (Phi) is 6.96. The second-order valence-electron chi connectivity index (χ2n) is 9.31. The number of piperidine rings is 2. The van der Waals surface area contributed by atoms with E-state index in [1.54, 1.807) is 7.11 Å². The smallest absolute Gasteiger partial charge is 0.318 e. The number of carbonyl (C=O) groups is 1. The zero-order chi connectivity index (χ0) is 21.4. The van der Waals surface area contributed by atoms with Crippen LogP contribution in [0, 0.1) is 5.92 Å². The third kappa shape index (κ3) is 4.33. The van der Waals surface area contributed by atoms with Crippen molar-refractivity contribution in [2.24, 2.45) is 5.92 Å². The first-order chi connectivity index (χ1) is 15.1. The van der Waals surface area contributed by atoms with Crippen LogP contribution in [-0.4, -0.2) is 48.6 Å². The number of urea groups is 1. The lowest BCUT2D eigenvalue weighted by atomic mass is 9.76. The van der Waals surface area contributed by atoms with Gasteiger partial charge in [0, 0.05) is 31.7 Å². The molecule has 1 N–H and O–H groups in total. The molecule has 6 heteroatoms. The summed E-state index contributed by atoms with van der Waals surface area (Å²) < 4.78 is 5.45. The van der Waals surface area contributed by atoms with Crippen molar-refractivity contribution in [3.8, 4) is 5.75 Å². The van der Waals surface area contributed by atoms with Crippen LogP contribution in [0.15, 0.2) is 48.5 Å². The van der Waals surface area contributed by atoms with Crippen molar-refractivity contribution in [2.75, 3.05) is 26.7 Å². The quantitative estimate of drug-likeness (QED) is 0.710. The average Bonchev–Trinajstić information content (AvgIpc) is 2.82. The van der Waals surface area contributed by atoms with E-state index in [2.05, 4.69) is 52.4 Å². The van der Waals surface area contributed by atoms with Gasteiger partial charge in [-0.3, -0.25) is 4.90 Å². The summed E-state index contributed by atoms with van der Waals surface area (Å²) in [6.45, 7) is 5.13. The number of halogens is 1.